The van der Waals surface area contributed by atoms with Crippen molar-refractivity contribution in [2.75, 3.05) is 45.7 Å². The molecule has 14 atom stereocenters. The van der Waals surface area contributed by atoms with Gasteiger partial charge in [-0.1, -0.05) is 20.8 Å². The van der Waals surface area contributed by atoms with Crippen molar-refractivity contribution in [2.45, 2.75) is 159 Å². The predicted molar refractivity (Wildman–Crippen MR) is 208 cm³/mol. The molecule has 1 unspecified atom stereocenters. The Morgan fingerprint density at radius 3 is 2.27 bits per heavy atom. The van der Waals surface area contributed by atoms with Gasteiger partial charge in [-0.15, -0.1) is 0 Å². The number of rotatable bonds is 5. The molecular formula is C42H68N4O9. The number of nitrogens with zero attached hydrogens (tertiary/aromatic N) is 4. The van der Waals surface area contributed by atoms with Crippen molar-refractivity contribution in [3.05, 3.63) is 29.8 Å². The third kappa shape index (κ3) is 9.19. The summed E-state index contributed by atoms with van der Waals surface area (Å²) in [4.78, 5) is 20.6. The highest BCUT2D eigenvalue weighted by molar-refractivity contribution is 5.73. The first-order valence-electron chi connectivity index (χ1n) is 20.4. The van der Waals surface area contributed by atoms with Gasteiger partial charge in [0.25, 0.3) is 0 Å². The lowest BCUT2D eigenvalue weighted by Gasteiger charge is -2.49. The van der Waals surface area contributed by atoms with Crippen LogP contribution in [-0.2, 0) is 28.5 Å². The molecule has 1 aromatic rings. The van der Waals surface area contributed by atoms with Gasteiger partial charge in [-0.25, -0.2) is 0 Å². The molecule has 1 spiro atoms. The SMILES string of the molecule is CC[C@H]1OC(=O)[C@H](C)[C@H]2OC3(CCN(c4ccc(C#N)cc4)CC3)O[C@](C)(C[C@@H](C)CN(C)[C@H](C)[C@@H](O)[C@]1(C)O)[C@H](O[C@@H]1O[C@H](C)CC(N(C)C)[C@H]1O)[C@H]2C. The van der Waals surface area contributed by atoms with Crippen LogP contribution >= 0.6 is 0 Å². The van der Waals surface area contributed by atoms with Crippen LogP contribution in [0.1, 0.15) is 93.1 Å². The van der Waals surface area contributed by atoms with E-state index in [-0.39, 0.29) is 18.1 Å². The largest absolute Gasteiger partial charge is 0.459 e. The predicted octanol–water partition coefficient (Wildman–Crippen LogP) is 3.91. The van der Waals surface area contributed by atoms with E-state index in [0.717, 1.165) is 5.69 Å². The van der Waals surface area contributed by atoms with Gasteiger partial charge in [0.1, 0.15) is 23.9 Å². The van der Waals surface area contributed by atoms with Crippen molar-refractivity contribution in [1.82, 2.24) is 9.80 Å². The first kappa shape index (κ1) is 43.7. The molecule has 4 saturated heterocycles. The molecule has 1 aromatic carbocycles. The molecule has 5 rings (SSSR count). The van der Waals surface area contributed by atoms with Crippen LogP contribution in [0.5, 0.6) is 0 Å². The number of piperidine rings is 1. The zero-order chi connectivity index (χ0) is 40.6. The van der Waals surface area contributed by atoms with Gasteiger partial charge in [0, 0.05) is 56.2 Å². The highest BCUT2D eigenvalue weighted by atomic mass is 16.7. The standard InChI is InChI=1S/C42H68N4O9/c1-12-33-41(8,50)36(48)29(6)45(11)24-25(2)22-40(7)37(53-39-34(47)32(44(9)10)21-26(3)51-39)27(4)35(28(5)38(49)52-33)54-42(55-40)17-19-46(20-18-42)31-15-13-30(23-43)14-16-31/h13-16,25-29,32-37,39,47-48,50H,12,17-22,24H2,1-11H3/t25-,26-,27+,28-,29-,32?,33-,34-,35+,36-,37-,39+,40-,41-/m1/s1. The molecule has 3 N–H and O–H groups in total. The number of hydrogen-bond acceptors (Lipinski definition) is 13. The number of esters is 1. The number of nitriles is 1. The zero-order valence-corrected chi connectivity index (χ0v) is 35.0. The highest BCUT2D eigenvalue weighted by Crippen LogP contribution is 2.48. The van der Waals surface area contributed by atoms with Crippen LogP contribution in [0.2, 0.25) is 0 Å². The van der Waals surface area contributed by atoms with Gasteiger partial charge in [0.2, 0.25) is 0 Å². The van der Waals surface area contributed by atoms with E-state index in [1.54, 1.807) is 6.92 Å². The molecule has 0 amide bonds. The summed E-state index contributed by atoms with van der Waals surface area (Å²) in [7, 11) is 5.81. The molecule has 2 bridgehead atoms. The number of carbonyl (C=O) groups is 1. The van der Waals surface area contributed by atoms with Crippen LogP contribution in [0.25, 0.3) is 0 Å². The van der Waals surface area contributed by atoms with E-state index in [1.807, 2.05) is 82.9 Å². The van der Waals surface area contributed by atoms with Crippen molar-refractivity contribution in [1.29, 1.82) is 5.26 Å². The van der Waals surface area contributed by atoms with E-state index >= 15 is 0 Å². The Kier molecular flexibility index (Phi) is 13.7. The lowest BCUT2D eigenvalue weighted by molar-refractivity contribution is -0.328. The molecule has 55 heavy (non-hydrogen) atoms. The summed E-state index contributed by atoms with van der Waals surface area (Å²) in [5.74, 6) is -2.92. The Morgan fingerprint density at radius 2 is 1.69 bits per heavy atom. The van der Waals surface area contributed by atoms with E-state index in [4.69, 9.17) is 23.7 Å². The van der Waals surface area contributed by atoms with Crippen LogP contribution in [0, 0.1) is 29.1 Å². The number of benzene rings is 1. The first-order chi connectivity index (χ1) is 25.8. The van der Waals surface area contributed by atoms with Crippen LogP contribution in [-0.4, -0.2) is 144 Å². The molecule has 310 valence electrons. The molecule has 0 aromatic heterocycles. The van der Waals surface area contributed by atoms with Gasteiger partial charge < -0.3 is 53.7 Å². The molecule has 4 fully saturated rings. The van der Waals surface area contributed by atoms with E-state index in [2.05, 4.69) is 24.8 Å². The minimum atomic E-state index is -1.73. The Bertz CT molecular complexity index is 1480. The topological polar surface area (TPSA) is 157 Å². The first-order valence-corrected chi connectivity index (χ1v) is 20.4. The van der Waals surface area contributed by atoms with Crippen molar-refractivity contribution in [3.63, 3.8) is 0 Å². The molecule has 0 radical (unpaired) electrons. The molecule has 0 saturated carbocycles. The maximum Gasteiger partial charge on any atom is 0.311 e. The van der Waals surface area contributed by atoms with Gasteiger partial charge in [0.05, 0.1) is 41.5 Å². The summed E-state index contributed by atoms with van der Waals surface area (Å²) >= 11 is 0. The third-order valence-electron chi connectivity index (χ3n) is 13.1. The maximum absolute atomic E-state index is 14.3. The second kappa shape index (κ2) is 17.2. The number of carbonyl (C=O) groups excluding carboxylic acids is 1. The number of ether oxygens (including phenoxy) is 5. The molecule has 4 aliphatic heterocycles. The van der Waals surface area contributed by atoms with Gasteiger partial charge in [-0.2, -0.15) is 5.26 Å². The highest BCUT2D eigenvalue weighted by Gasteiger charge is 2.58. The smallest absolute Gasteiger partial charge is 0.311 e. The maximum atomic E-state index is 14.3. The number of aliphatic hydroxyl groups excluding tert-OH is 2. The number of cyclic esters (lactones) is 1. The number of anilines is 1. The van der Waals surface area contributed by atoms with E-state index in [1.165, 1.54) is 6.92 Å². The molecule has 4 aliphatic rings. The van der Waals surface area contributed by atoms with E-state index in [0.29, 0.717) is 57.3 Å². The van der Waals surface area contributed by atoms with Crippen LogP contribution in [0.3, 0.4) is 0 Å². The van der Waals surface area contributed by atoms with E-state index < -0.39 is 77.6 Å². The Morgan fingerprint density at radius 1 is 1.05 bits per heavy atom. The molecule has 0 aliphatic carbocycles. The molecule has 4 heterocycles. The van der Waals surface area contributed by atoms with Gasteiger partial charge in [-0.3, -0.25) is 4.79 Å². The Labute approximate surface area is 328 Å². The van der Waals surface area contributed by atoms with Crippen molar-refractivity contribution in [2.24, 2.45) is 17.8 Å². The van der Waals surface area contributed by atoms with E-state index in [9.17, 15) is 25.4 Å². The molecular weight excluding hydrogens is 704 g/mol. The molecule has 13 heteroatoms. The summed E-state index contributed by atoms with van der Waals surface area (Å²) in [6.45, 7) is 17.0. The number of hydrogen-bond donors (Lipinski definition) is 3. The lowest BCUT2D eigenvalue weighted by Crippen LogP contribution is -2.60. The minimum Gasteiger partial charge on any atom is -0.459 e. The Balaban J connectivity index is 1.60. The number of aliphatic hydroxyl groups is 3. The monoisotopic (exact) mass is 772 g/mol. The fourth-order valence-electron chi connectivity index (χ4n) is 9.78. The third-order valence-corrected chi connectivity index (χ3v) is 13.1. The minimum absolute atomic E-state index is 0.00767. The summed E-state index contributed by atoms with van der Waals surface area (Å²) in [5.41, 5.74) is -1.12. The average molecular weight is 773 g/mol. The second-order valence-corrected chi connectivity index (χ2v) is 17.8. The average Bonchev–Trinajstić information content (AvgIpc) is 3.22. The second-order valence-electron chi connectivity index (χ2n) is 17.8. The van der Waals surface area contributed by atoms with Crippen LogP contribution in [0.15, 0.2) is 24.3 Å². The normalized spacial score (nSPS) is 42.3. The number of likely N-dealkylation sites (N-methyl/N-ethyl adjacent to an activating group) is 2. The Hall–Kier alpha value is -2.38. The van der Waals surface area contributed by atoms with Crippen molar-refractivity contribution >= 4 is 11.7 Å². The fourth-order valence-corrected chi connectivity index (χ4v) is 9.78. The summed E-state index contributed by atoms with van der Waals surface area (Å²) in [6, 6.07) is 9.08. The van der Waals surface area contributed by atoms with Crippen molar-refractivity contribution in [3.8, 4) is 6.07 Å². The quantitative estimate of drug-likeness (QED) is 0.371. The van der Waals surface area contributed by atoms with Crippen LogP contribution < -0.4 is 4.90 Å². The fraction of sp³-hybridized carbons (Fsp3) is 0.810. The summed E-state index contributed by atoms with van der Waals surface area (Å²) in [5, 5.41) is 44.4. The zero-order valence-electron chi connectivity index (χ0n) is 35.0. The lowest BCUT2D eigenvalue weighted by atomic mass is 9.78. The molecule has 13 nitrogen and oxygen atoms in total. The van der Waals surface area contributed by atoms with Gasteiger partial charge in [-0.05, 0) is 105 Å². The summed E-state index contributed by atoms with van der Waals surface area (Å²) < 4.78 is 34.2. The van der Waals surface area contributed by atoms with Crippen LogP contribution in [0.4, 0.5) is 5.69 Å². The van der Waals surface area contributed by atoms with Gasteiger partial charge >= 0.3 is 5.97 Å². The van der Waals surface area contributed by atoms with Gasteiger partial charge in [0.15, 0.2) is 12.1 Å². The van der Waals surface area contributed by atoms with Crippen molar-refractivity contribution < 1.29 is 43.8 Å². The number of fused-ring (bicyclic) bond motifs is 3. The summed E-state index contributed by atoms with van der Waals surface area (Å²) in [6.07, 6.45) is -3.26.